The zero-order chi connectivity index (χ0) is 13.5. The van der Waals surface area contributed by atoms with E-state index in [0.29, 0.717) is 22.5 Å². The second kappa shape index (κ2) is 7.29. The molecular weight excluding hydrogens is 355 g/mol. The predicted molar refractivity (Wildman–Crippen MR) is 68.3 cm³/mol. The summed E-state index contributed by atoms with van der Waals surface area (Å²) in [6, 6.07) is 0. The van der Waals surface area contributed by atoms with Gasteiger partial charge in [0.2, 0.25) is 5.91 Å². The minimum Gasteiger partial charge on any atom is -0.355 e. The molecule has 0 atom stereocenters. The van der Waals surface area contributed by atoms with Gasteiger partial charge < -0.3 is 10.2 Å². The number of hydroxylamine groups is 2. The van der Waals surface area contributed by atoms with Crippen molar-refractivity contribution in [1.82, 2.24) is 10.4 Å². The fraction of sp³-hybridized carbons (Fsp3) is 0.600. The second-order valence-electron chi connectivity index (χ2n) is 3.63. The van der Waals surface area contributed by atoms with Gasteiger partial charge in [0.05, 0.1) is 4.43 Å². The van der Waals surface area contributed by atoms with E-state index in [1.807, 2.05) is 22.6 Å². The highest BCUT2D eigenvalue weighted by molar-refractivity contribution is 14.1. The SMILES string of the molecule is O=C(CI)NCCCC(=O)ON1C(=O)CCC1=O. The maximum atomic E-state index is 11.3. The van der Waals surface area contributed by atoms with E-state index in [4.69, 9.17) is 0 Å². The summed E-state index contributed by atoms with van der Waals surface area (Å²) in [6.07, 6.45) is 0.603. The molecular formula is C10H13IN2O5. The summed E-state index contributed by atoms with van der Waals surface area (Å²) in [5, 5.41) is 3.12. The first kappa shape index (κ1) is 14.9. The number of rotatable bonds is 6. The Morgan fingerprint density at radius 3 is 2.44 bits per heavy atom. The van der Waals surface area contributed by atoms with Gasteiger partial charge in [-0.2, -0.15) is 0 Å². The van der Waals surface area contributed by atoms with Gasteiger partial charge in [0.1, 0.15) is 0 Å². The minimum atomic E-state index is -0.651. The lowest BCUT2D eigenvalue weighted by Crippen LogP contribution is -2.32. The molecule has 0 unspecified atom stereocenters. The van der Waals surface area contributed by atoms with E-state index in [-0.39, 0.29) is 25.2 Å². The summed E-state index contributed by atoms with van der Waals surface area (Å²) in [5.41, 5.74) is 0. The summed E-state index contributed by atoms with van der Waals surface area (Å²) >= 11 is 1.93. The number of nitrogens with one attached hydrogen (secondary N) is 1. The molecule has 1 saturated heterocycles. The van der Waals surface area contributed by atoms with Gasteiger partial charge >= 0.3 is 5.97 Å². The quantitative estimate of drug-likeness (QED) is 0.307. The van der Waals surface area contributed by atoms with E-state index < -0.39 is 17.8 Å². The van der Waals surface area contributed by atoms with E-state index in [1.165, 1.54) is 0 Å². The molecule has 18 heavy (non-hydrogen) atoms. The standard InChI is InChI=1S/C10H13IN2O5/c11-6-7(14)12-5-1-2-10(17)18-13-8(15)3-4-9(13)16/h1-6H2,(H,12,14). The van der Waals surface area contributed by atoms with Crippen molar-refractivity contribution in [3.05, 3.63) is 0 Å². The van der Waals surface area contributed by atoms with Gasteiger partial charge in [-0.15, -0.1) is 5.06 Å². The minimum absolute atomic E-state index is 0.0403. The van der Waals surface area contributed by atoms with Gasteiger partial charge in [0.25, 0.3) is 11.8 Å². The lowest BCUT2D eigenvalue weighted by atomic mass is 10.3. The summed E-state index contributed by atoms with van der Waals surface area (Å²) in [5.74, 6) is -1.74. The molecule has 100 valence electrons. The third kappa shape index (κ3) is 4.59. The maximum Gasteiger partial charge on any atom is 0.333 e. The van der Waals surface area contributed by atoms with Crippen LogP contribution in [0.1, 0.15) is 25.7 Å². The third-order valence-electron chi connectivity index (χ3n) is 2.20. The van der Waals surface area contributed by atoms with Crippen molar-refractivity contribution in [1.29, 1.82) is 0 Å². The summed E-state index contributed by atoms with van der Waals surface area (Å²) < 4.78 is 0.360. The largest absolute Gasteiger partial charge is 0.355 e. The molecule has 1 aliphatic rings. The predicted octanol–water partition coefficient (Wildman–Crippen LogP) is -0.0750. The molecule has 1 fully saturated rings. The molecule has 0 aromatic rings. The first-order valence-electron chi connectivity index (χ1n) is 5.44. The highest BCUT2D eigenvalue weighted by Crippen LogP contribution is 2.12. The highest BCUT2D eigenvalue weighted by Gasteiger charge is 2.32. The Bertz CT molecular complexity index is 355. The number of halogens is 1. The lowest BCUT2D eigenvalue weighted by Gasteiger charge is -2.12. The van der Waals surface area contributed by atoms with Crippen LogP contribution in [0.3, 0.4) is 0 Å². The molecule has 7 nitrogen and oxygen atoms in total. The van der Waals surface area contributed by atoms with Crippen molar-refractivity contribution in [3.8, 4) is 0 Å². The van der Waals surface area contributed by atoms with Gasteiger partial charge in [-0.05, 0) is 6.42 Å². The molecule has 0 saturated carbocycles. The van der Waals surface area contributed by atoms with Crippen molar-refractivity contribution in [3.63, 3.8) is 0 Å². The first-order valence-corrected chi connectivity index (χ1v) is 6.96. The number of imide groups is 1. The molecule has 0 aromatic carbocycles. The number of nitrogens with zero attached hydrogens (tertiary/aromatic N) is 1. The molecule has 1 heterocycles. The number of alkyl halides is 1. The molecule has 0 radical (unpaired) electrons. The third-order valence-corrected chi connectivity index (χ3v) is 2.89. The zero-order valence-corrected chi connectivity index (χ0v) is 11.8. The smallest absolute Gasteiger partial charge is 0.333 e. The fourth-order valence-electron chi connectivity index (χ4n) is 1.31. The van der Waals surface area contributed by atoms with Crippen molar-refractivity contribution in [2.24, 2.45) is 0 Å². The van der Waals surface area contributed by atoms with Gasteiger partial charge in [-0.25, -0.2) is 4.79 Å². The summed E-state index contributed by atoms with van der Waals surface area (Å²) in [4.78, 5) is 49.2. The van der Waals surface area contributed by atoms with Crippen LogP contribution in [0.4, 0.5) is 0 Å². The second-order valence-corrected chi connectivity index (χ2v) is 4.40. The van der Waals surface area contributed by atoms with Crippen LogP contribution in [-0.4, -0.2) is 39.7 Å². The average molecular weight is 368 g/mol. The van der Waals surface area contributed by atoms with Crippen LogP contribution in [0.15, 0.2) is 0 Å². The van der Waals surface area contributed by atoms with Gasteiger partial charge in [-0.1, -0.05) is 22.6 Å². The van der Waals surface area contributed by atoms with Crippen LogP contribution in [0, 0.1) is 0 Å². The molecule has 0 aromatic heterocycles. The van der Waals surface area contributed by atoms with Crippen LogP contribution in [0.25, 0.3) is 0 Å². The lowest BCUT2D eigenvalue weighted by molar-refractivity contribution is -0.197. The topological polar surface area (TPSA) is 92.8 Å². The maximum absolute atomic E-state index is 11.3. The Balaban J connectivity index is 2.20. The van der Waals surface area contributed by atoms with Crippen LogP contribution in [0.2, 0.25) is 0 Å². The molecule has 1 rings (SSSR count). The fourth-order valence-corrected chi connectivity index (χ4v) is 1.58. The Morgan fingerprint density at radius 2 is 1.89 bits per heavy atom. The molecule has 1 aliphatic heterocycles. The molecule has 0 bridgehead atoms. The van der Waals surface area contributed by atoms with Crippen LogP contribution >= 0.6 is 22.6 Å². The Morgan fingerprint density at radius 1 is 1.28 bits per heavy atom. The average Bonchev–Trinajstić information content (AvgIpc) is 2.66. The van der Waals surface area contributed by atoms with Crippen molar-refractivity contribution in [2.75, 3.05) is 11.0 Å². The molecule has 0 aliphatic carbocycles. The van der Waals surface area contributed by atoms with Crippen molar-refractivity contribution < 1.29 is 24.0 Å². The Hall–Kier alpha value is -1.19. The van der Waals surface area contributed by atoms with Crippen molar-refractivity contribution >= 4 is 46.3 Å². The normalized spacial score (nSPS) is 14.8. The first-order chi connectivity index (χ1) is 8.54. The number of carbonyl (C=O) groups is 4. The van der Waals surface area contributed by atoms with Crippen LogP contribution < -0.4 is 5.32 Å². The Kier molecular flexibility index (Phi) is 6.02. The molecule has 1 N–H and O–H groups in total. The van der Waals surface area contributed by atoms with Crippen LogP contribution in [-0.2, 0) is 24.0 Å². The van der Waals surface area contributed by atoms with E-state index in [1.54, 1.807) is 0 Å². The van der Waals surface area contributed by atoms with Gasteiger partial charge in [0, 0.05) is 25.8 Å². The molecule has 0 spiro atoms. The molecule has 3 amide bonds. The number of hydrogen-bond acceptors (Lipinski definition) is 5. The van der Waals surface area contributed by atoms with Gasteiger partial charge in [0.15, 0.2) is 0 Å². The summed E-state index contributed by atoms with van der Waals surface area (Å²) in [7, 11) is 0. The van der Waals surface area contributed by atoms with Crippen molar-refractivity contribution in [2.45, 2.75) is 25.7 Å². The molecule has 8 heteroatoms. The van der Waals surface area contributed by atoms with E-state index in [0.717, 1.165) is 0 Å². The summed E-state index contributed by atoms with van der Waals surface area (Å²) in [6.45, 7) is 0.360. The van der Waals surface area contributed by atoms with E-state index >= 15 is 0 Å². The zero-order valence-electron chi connectivity index (χ0n) is 9.61. The Labute approximate surface area is 117 Å². The monoisotopic (exact) mass is 368 g/mol. The van der Waals surface area contributed by atoms with E-state index in [2.05, 4.69) is 10.2 Å². The van der Waals surface area contributed by atoms with Gasteiger partial charge in [-0.3, -0.25) is 14.4 Å². The highest BCUT2D eigenvalue weighted by atomic mass is 127. The number of carbonyl (C=O) groups excluding carboxylic acids is 4. The number of hydrogen-bond donors (Lipinski definition) is 1. The van der Waals surface area contributed by atoms with Crippen LogP contribution in [0.5, 0.6) is 0 Å². The van der Waals surface area contributed by atoms with E-state index in [9.17, 15) is 19.2 Å². The number of amides is 3.